The lowest BCUT2D eigenvalue weighted by molar-refractivity contribution is 0.101. The Hall–Kier alpha value is -3.71. The number of nitrogens with one attached hydrogen (secondary N) is 1. The molecule has 35 heavy (non-hydrogen) atoms. The number of fused-ring (bicyclic) bond motifs is 2. The van der Waals surface area contributed by atoms with E-state index < -0.39 is 0 Å². The van der Waals surface area contributed by atoms with Crippen LogP contribution in [0.25, 0.3) is 21.8 Å². The number of ketones is 1. The highest BCUT2D eigenvalue weighted by atomic mass is 16.5. The molecule has 0 radical (unpaired) electrons. The molecule has 0 saturated carbocycles. The van der Waals surface area contributed by atoms with Gasteiger partial charge in [-0.25, -0.2) is 0 Å². The van der Waals surface area contributed by atoms with Gasteiger partial charge in [0, 0.05) is 60.3 Å². The molecule has 1 aliphatic rings. The molecule has 180 valence electrons. The SMILES string of the molecule is CC(=O)c1ccc2cccc(N3CCN(CCCCOc4ccc5ccc(=O)[nH]c5n4)CC3)c2c1. The van der Waals surface area contributed by atoms with Crippen molar-refractivity contribution in [1.82, 2.24) is 14.9 Å². The number of hydrogen-bond donors (Lipinski definition) is 1. The number of rotatable bonds is 8. The molecule has 7 nitrogen and oxygen atoms in total. The first-order chi connectivity index (χ1) is 17.1. The highest BCUT2D eigenvalue weighted by Gasteiger charge is 2.18. The molecule has 0 unspecified atom stereocenters. The highest BCUT2D eigenvalue weighted by Crippen LogP contribution is 2.29. The molecule has 7 heteroatoms. The molecule has 1 aliphatic heterocycles. The predicted octanol–water partition coefficient (Wildman–Crippen LogP) is 4.26. The Morgan fingerprint density at radius 2 is 1.77 bits per heavy atom. The summed E-state index contributed by atoms with van der Waals surface area (Å²) in [5.41, 5.74) is 2.36. The van der Waals surface area contributed by atoms with Gasteiger partial charge in [0.2, 0.25) is 11.4 Å². The first-order valence-electron chi connectivity index (χ1n) is 12.2. The van der Waals surface area contributed by atoms with Crippen molar-refractivity contribution in [2.45, 2.75) is 19.8 Å². The number of benzene rings is 2. The van der Waals surface area contributed by atoms with Crippen molar-refractivity contribution in [3.8, 4) is 5.88 Å². The Morgan fingerprint density at radius 1 is 0.971 bits per heavy atom. The summed E-state index contributed by atoms with van der Waals surface area (Å²) >= 11 is 0. The summed E-state index contributed by atoms with van der Waals surface area (Å²) in [6.07, 6.45) is 2.00. The van der Waals surface area contributed by atoms with E-state index in [4.69, 9.17) is 4.74 Å². The van der Waals surface area contributed by atoms with Crippen LogP contribution in [0, 0.1) is 0 Å². The number of hydrogen-bond acceptors (Lipinski definition) is 6. The molecule has 1 N–H and O–H groups in total. The van der Waals surface area contributed by atoms with Crippen LogP contribution in [-0.2, 0) is 0 Å². The van der Waals surface area contributed by atoms with E-state index in [0.717, 1.165) is 61.9 Å². The van der Waals surface area contributed by atoms with E-state index in [1.54, 1.807) is 13.0 Å². The number of carbonyl (C=O) groups excluding carboxylic acids is 1. The van der Waals surface area contributed by atoms with Gasteiger partial charge in [0.05, 0.1) is 6.61 Å². The van der Waals surface area contributed by atoms with Crippen molar-refractivity contribution in [2.75, 3.05) is 44.2 Å². The number of anilines is 1. The lowest BCUT2D eigenvalue weighted by Gasteiger charge is -2.36. The van der Waals surface area contributed by atoms with Crippen molar-refractivity contribution in [3.05, 3.63) is 76.6 Å². The minimum atomic E-state index is -0.163. The minimum absolute atomic E-state index is 0.0989. The number of aromatic amines is 1. The molecular weight excluding hydrogens is 440 g/mol. The maximum absolute atomic E-state index is 11.9. The molecule has 1 saturated heterocycles. The van der Waals surface area contributed by atoms with E-state index in [2.05, 4.69) is 38.0 Å². The highest BCUT2D eigenvalue weighted by molar-refractivity contribution is 6.02. The Morgan fingerprint density at radius 3 is 2.60 bits per heavy atom. The Bertz CT molecular complexity index is 1410. The van der Waals surface area contributed by atoms with Crippen LogP contribution in [-0.4, -0.2) is 60.0 Å². The van der Waals surface area contributed by atoms with Gasteiger partial charge in [-0.1, -0.05) is 24.3 Å². The standard InChI is InChI=1S/C28H30N4O3/c1-20(33)23-8-7-21-5-4-6-25(24(21)19-23)32-16-14-31(15-17-32)13-2-3-18-35-27-12-10-22-9-11-26(34)29-28(22)30-27/h4-12,19H,2-3,13-18H2,1H3,(H,29,30,34). The van der Waals surface area contributed by atoms with Gasteiger partial charge in [-0.2, -0.15) is 4.98 Å². The van der Waals surface area contributed by atoms with Crippen LogP contribution in [0.15, 0.2) is 65.5 Å². The van der Waals surface area contributed by atoms with Gasteiger partial charge in [0.15, 0.2) is 5.78 Å². The van der Waals surface area contributed by atoms with Crippen LogP contribution in [0.3, 0.4) is 0 Å². The second-order valence-corrected chi connectivity index (χ2v) is 9.06. The molecule has 0 bridgehead atoms. The molecular formula is C28H30N4O3. The lowest BCUT2D eigenvalue weighted by Crippen LogP contribution is -2.46. The normalized spacial score (nSPS) is 14.5. The van der Waals surface area contributed by atoms with E-state index in [0.29, 0.717) is 18.1 Å². The van der Waals surface area contributed by atoms with Gasteiger partial charge in [0.1, 0.15) is 5.65 Å². The summed E-state index contributed by atoms with van der Waals surface area (Å²) in [6, 6.07) is 19.3. The van der Waals surface area contributed by atoms with E-state index >= 15 is 0 Å². The monoisotopic (exact) mass is 470 g/mol. The summed E-state index contributed by atoms with van der Waals surface area (Å²) in [5.74, 6) is 0.637. The zero-order valence-electron chi connectivity index (χ0n) is 20.0. The van der Waals surface area contributed by atoms with Gasteiger partial charge in [-0.3, -0.25) is 14.5 Å². The number of Topliss-reactive ketones (excluding diaryl/α,β-unsaturated/α-hetero) is 1. The molecule has 0 aliphatic carbocycles. The van der Waals surface area contributed by atoms with Crippen LogP contribution in [0.5, 0.6) is 5.88 Å². The lowest BCUT2D eigenvalue weighted by atomic mass is 10.0. The van der Waals surface area contributed by atoms with Crippen LogP contribution >= 0.6 is 0 Å². The fourth-order valence-corrected chi connectivity index (χ4v) is 4.67. The van der Waals surface area contributed by atoms with E-state index in [1.807, 2.05) is 30.3 Å². The maximum atomic E-state index is 11.9. The smallest absolute Gasteiger partial charge is 0.249 e. The van der Waals surface area contributed by atoms with Crippen LogP contribution in [0.1, 0.15) is 30.1 Å². The first kappa shape index (κ1) is 23.1. The van der Waals surface area contributed by atoms with Gasteiger partial charge in [-0.15, -0.1) is 0 Å². The zero-order chi connectivity index (χ0) is 24.2. The van der Waals surface area contributed by atoms with Crippen LogP contribution in [0.2, 0.25) is 0 Å². The molecule has 5 rings (SSSR count). The van der Waals surface area contributed by atoms with Crippen LogP contribution < -0.4 is 15.2 Å². The van der Waals surface area contributed by atoms with E-state index in [1.165, 1.54) is 17.1 Å². The predicted molar refractivity (Wildman–Crippen MR) is 140 cm³/mol. The molecule has 3 heterocycles. The minimum Gasteiger partial charge on any atom is -0.478 e. The number of unbranched alkanes of at least 4 members (excludes halogenated alkanes) is 1. The number of carbonyl (C=O) groups is 1. The van der Waals surface area contributed by atoms with Crippen molar-refractivity contribution in [3.63, 3.8) is 0 Å². The second-order valence-electron chi connectivity index (χ2n) is 9.06. The molecule has 2 aromatic heterocycles. The number of H-pyrrole nitrogens is 1. The second kappa shape index (κ2) is 10.3. The third-order valence-corrected chi connectivity index (χ3v) is 6.65. The van der Waals surface area contributed by atoms with Crippen molar-refractivity contribution >= 4 is 33.3 Å². The number of pyridine rings is 2. The first-order valence-corrected chi connectivity index (χ1v) is 12.2. The Labute approximate surface area is 204 Å². The van der Waals surface area contributed by atoms with Gasteiger partial charge in [0.25, 0.3) is 0 Å². The fraction of sp³-hybridized carbons (Fsp3) is 0.321. The Balaban J connectivity index is 1.09. The van der Waals surface area contributed by atoms with Crippen LogP contribution in [0.4, 0.5) is 5.69 Å². The van der Waals surface area contributed by atoms with Crippen molar-refractivity contribution < 1.29 is 9.53 Å². The average Bonchev–Trinajstić information content (AvgIpc) is 2.88. The molecule has 0 spiro atoms. The van der Waals surface area contributed by atoms with Gasteiger partial charge in [-0.05, 0) is 56.0 Å². The molecule has 0 amide bonds. The summed E-state index contributed by atoms with van der Waals surface area (Å²) < 4.78 is 5.80. The quantitative estimate of drug-likeness (QED) is 0.306. The third-order valence-electron chi connectivity index (χ3n) is 6.65. The average molecular weight is 471 g/mol. The van der Waals surface area contributed by atoms with E-state index in [-0.39, 0.29) is 11.3 Å². The molecule has 1 fully saturated rings. The number of piperazine rings is 1. The summed E-state index contributed by atoms with van der Waals surface area (Å²) in [5, 5.41) is 3.21. The summed E-state index contributed by atoms with van der Waals surface area (Å²) in [7, 11) is 0. The van der Waals surface area contributed by atoms with Gasteiger partial charge < -0.3 is 14.6 Å². The van der Waals surface area contributed by atoms with Crippen molar-refractivity contribution in [1.29, 1.82) is 0 Å². The van der Waals surface area contributed by atoms with Gasteiger partial charge >= 0.3 is 0 Å². The molecule has 0 atom stereocenters. The third kappa shape index (κ3) is 5.35. The summed E-state index contributed by atoms with van der Waals surface area (Å²) in [6.45, 7) is 7.24. The summed E-state index contributed by atoms with van der Waals surface area (Å²) in [4.78, 5) is 35.4. The fourth-order valence-electron chi connectivity index (χ4n) is 4.67. The largest absolute Gasteiger partial charge is 0.478 e. The number of aromatic nitrogens is 2. The molecule has 2 aromatic carbocycles. The number of nitrogens with zero attached hydrogens (tertiary/aromatic N) is 3. The maximum Gasteiger partial charge on any atom is 0.249 e. The van der Waals surface area contributed by atoms with E-state index in [9.17, 15) is 9.59 Å². The zero-order valence-corrected chi connectivity index (χ0v) is 20.0. The number of ether oxygens (including phenoxy) is 1. The van der Waals surface area contributed by atoms with Crippen molar-refractivity contribution in [2.24, 2.45) is 0 Å². The topological polar surface area (TPSA) is 78.5 Å². The molecule has 4 aromatic rings. The Kier molecular flexibility index (Phi) is 6.77.